The van der Waals surface area contributed by atoms with E-state index in [4.69, 9.17) is 4.74 Å². The Kier molecular flexibility index (Phi) is 3.70. The number of nitrogens with zero attached hydrogens (tertiary/aromatic N) is 2. The van der Waals surface area contributed by atoms with E-state index in [1.165, 1.54) is 0 Å². The number of rotatable bonds is 3. The molecule has 0 heterocycles. The molecular formula is C10H12N2O. The van der Waals surface area contributed by atoms with Crippen LogP contribution in [0.2, 0.25) is 0 Å². The van der Waals surface area contributed by atoms with E-state index >= 15 is 0 Å². The molecule has 0 amide bonds. The Morgan fingerprint density at radius 2 is 2.08 bits per heavy atom. The predicted molar refractivity (Wildman–Crippen MR) is 53.9 cm³/mol. The van der Waals surface area contributed by atoms with Crippen LogP contribution in [0.15, 0.2) is 40.5 Å². The standard InChI is InChI=1S/C10H12N2O/c1-9(12-11-2)13-8-10-6-4-3-5-7-10/h3-7H,2,8H2,1H3/b12-9+. The molecule has 0 aliphatic carbocycles. The lowest BCUT2D eigenvalue weighted by Crippen LogP contribution is -1.98. The zero-order valence-corrected chi connectivity index (χ0v) is 7.60. The highest BCUT2D eigenvalue weighted by atomic mass is 16.5. The van der Waals surface area contributed by atoms with Gasteiger partial charge in [0.05, 0.1) is 0 Å². The molecule has 13 heavy (non-hydrogen) atoms. The van der Waals surface area contributed by atoms with Gasteiger partial charge in [-0.05, 0) is 5.56 Å². The Morgan fingerprint density at radius 3 is 2.69 bits per heavy atom. The van der Waals surface area contributed by atoms with E-state index in [1.807, 2.05) is 30.3 Å². The molecule has 3 nitrogen and oxygen atoms in total. The van der Waals surface area contributed by atoms with Gasteiger partial charge in [0.15, 0.2) is 0 Å². The third kappa shape index (κ3) is 3.51. The van der Waals surface area contributed by atoms with Crippen molar-refractivity contribution < 1.29 is 4.74 Å². The predicted octanol–water partition coefficient (Wildman–Crippen LogP) is 2.24. The van der Waals surface area contributed by atoms with Gasteiger partial charge in [0.25, 0.3) is 0 Å². The third-order valence-corrected chi connectivity index (χ3v) is 1.50. The molecule has 0 spiro atoms. The van der Waals surface area contributed by atoms with E-state index in [9.17, 15) is 0 Å². The normalized spacial score (nSPS) is 11.0. The molecule has 0 unspecified atom stereocenters. The first-order valence-corrected chi connectivity index (χ1v) is 4.00. The highest BCUT2D eigenvalue weighted by molar-refractivity contribution is 5.73. The Morgan fingerprint density at radius 1 is 1.38 bits per heavy atom. The van der Waals surface area contributed by atoms with Gasteiger partial charge in [-0.25, -0.2) is 0 Å². The van der Waals surface area contributed by atoms with Crippen molar-refractivity contribution in [1.82, 2.24) is 0 Å². The van der Waals surface area contributed by atoms with Gasteiger partial charge < -0.3 is 4.74 Å². The van der Waals surface area contributed by atoms with E-state index in [0.29, 0.717) is 12.5 Å². The van der Waals surface area contributed by atoms with Crippen molar-refractivity contribution in [3.05, 3.63) is 35.9 Å². The molecular weight excluding hydrogens is 164 g/mol. The van der Waals surface area contributed by atoms with Gasteiger partial charge in [-0.2, -0.15) is 5.10 Å². The maximum absolute atomic E-state index is 5.28. The maximum Gasteiger partial charge on any atom is 0.205 e. The quantitative estimate of drug-likeness (QED) is 0.395. The van der Waals surface area contributed by atoms with Crippen molar-refractivity contribution >= 4 is 12.6 Å². The molecule has 0 aliphatic heterocycles. The summed E-state index contributed by atoms with van der Waals surface area (Å²) < 4.78 is 5.28. The van der Waals surface area contributed by atoms with Crippen molar-refractivity contribution in [2.24, 2.45) is 10.2 Å². The molecule has 0 fully saturated rings. The summed E-state index contributed by atoms with van der Waals surface area (Å²) in [5, 5.41) is 7.01. The van der Waals surface area contributed by atoms with Gasteiger partial charge in [0, 0.05) is 13.6 Å². The van der Waals surface area contributed by atoms with Crippen molar-refractivity contribution in [2.45, 2.75) is 13.5 Å². The van der Waals surface area contributed by atoms with Crippen molar-refractivity contribution in [2.75, 3.05) is 0 Å². The summed E-state index contributed by atoms with van der Waals surface area (Å²) in [4.78, 5) is 0. The van der Waals surface area contributed by atoms with E-state index < -0.39 is 0 Å². The van der Waals surface area contributed by atoms with Crippen molar-refractivity contribution in [3.8, 4) is 0 Å². The Bertz CT molecular complexity index is 293. The second-order valence-corrected chi connectivity index (χ2v) is 2.53. The maximum atomic E-state index is 5.28. The van der Waals surface area contributed by atoms with Gasteiger partial charge in [-0.15, -0.1) is 5.10 Å². The van der Waals surface area contributed by atoms with E-state index in [-0.39, 0.29) is 0 Å². The summed E-state index contributed by atoms with van der Waals surface area (Å²) in [7, 11) is 0. The van der Waals surface area contributed by atoms with E-state index in [1.54, 1.807) is 6.92 Å². The van der Waals surface area contributed by atoms with Crippen LogP contribution in [0.3, 0.4) is 0 Å². The highest BCUT2D eigenvalue weighted by Crippen LogP contribution is 2.00. The molecule has 0 saturated carbocycles. The molecule has 1 rings (SSSR count). The molecule has 3 heteroatoms. The second-order valence-electron chi connectivity index (χ2n) is 2.53. The van der Waals surface area contributed by atoms with Gasteiger partial charge in [0.1, 0.15) is 6.61 Å². The minimum atomic E-state index is 0.520. The summed E-state index contributed by atoms with van der Waals surface area (Å²) in [5.41, 5.74) is 1.11. The zero-order chi connectivity index (χ0) is 9.52. The number of ether oxygens (including phenoxy) is 1. The largest absolute Gasteiger partial charge is 0.475 e. The van der Waals surface area contributed by atoms with Gasteiger partial charge in [0.2, 0.25) is 5.90 Å². The SMILES string of the molecule is C=N/N=C(\C)OCc1ccccc1. The molecule has 68 valence electrons. The molecule has 0 N–H and O–H groups in total. The lowest BCUT2D eigenvalue weighted by molar-refractivity contribution is 0.289. The van der Waals surface area contributed by atoms with Crippen LogP contribution in [-0.4, -0.2) is 12.6 Å². The smallest absolute Gasteiger partial charge is 0.205 e. The number of hydrogen-bond donors (Lipinski definition) is 0. The van der Waals surface area contributed by atoms with E-state index in [0.717, 1.165) is 5.56 Å². The molecule has 1 aromatic rings. The highest BCUT2D eigenvalue weighted by Gasteiger charge is 1.93. The average Bonchev–Trinajstić information content (AvgIpc) is 2.17. The molecule has 0 saturated heterocycles. The Hall–Kier alpha value is -1.64. The first kappa shape index (κ1) is 9.45. The van der Waals surface area contributed by atoms with Crippen molar-refractivity contribution in [1.29, 1.82) is 0 Å². The van der Waals surface area contributed by atoms with Crippen LogP contribution in [0, 0.1) is 0 Å². The zero-order valence-electron chi connectivity index (χ0n) is 7.60. The Balaban J connectivity index is 2.44. The summed E-state index contributed by atoms with van der Waals surface area (Å²) in [6, 6.07) is 9.90. The molecule has 0 aromatic heterocycles. The minimum Gasteiger partial charge on any atom is -0.475 e. The number of benzene rings is 1. The summed E-state index contributed by atoms with van der Waals surface area (Å²) in [6.45, 7) is 5.51. The summed E-state index contributed by atoms with van der Waals surface area (Å²) in [6.07, 6.45) is 0. The van der Waals surface area contributed by atoms with Crippen LogP contribution in [0.5, 0.6) is 0 Å². The lowest BCUT2D eigenvalue weighted by atomic mass is 10.2. The van der Waals surface area contributed by atoms with Crippen LogP contribution >= 0.6 is 0 Å². The van der Waals surface area contributed by atoms with Crippen molar-refractivity contribution in [3.63, 3.8) is 0 Å². The van der Waals surface area contributed by atoms with Crippen LogP contribution in [0.4, 0.5) is 0 Å². The summed E-state index contributed by atoms with van der Waals surface area (Å²) >= 11 is 0. The molecule has 0 radical (unpaired) electrons. The monoisotopic (exact) mass is 176 g/mol. The average molecular weight is 176 g/mol. The topological polar surface area (TPSA) is 34.0 Å². The fourth-order valence-electron chi connectivity index (χ4n) is 0.890. The van der Waals surface area contributed by atoms with Crippen LogP contribution in [-0.2, 0) is 11.3 Å². The summed E-state index contributed by atoms with van der Waals surface area (Å²) in [5.74, 6) is 0.527. The Labute approximate surface area is 77.8 Å². The first-order valence-electron chi connectivity index (χ1n) is 4.00. The first-order chi connectivity index (χ1) is 6.33. The van der Waals surface area contributed by atoms with Crippen LogP contribution in [0.1, 0.15) is 12.5 Å². The van der Waals surface area contributed by atoms with Gasteiger partial charge in [-0.3, -0.25) is 0 Å². The van der Waals surface area contributed by atoms with Gasteiger partial charge >= 0.3 is 0 Å². The third-order valence-electron chi connectivity index (χ3n) is 1.50. The van der Waals surface area contributed by atoms with Crippen LogP contribution in [0.25, 0.3) is 0 Å². The fourth-order valence-corrected chi connectivity index (χ4v) is 0.890. The van der Waals surface area contributed by atoms with Gasteiger partial charge in [-0.1, -0.05) is 30.3 Å². The van der Waals surface area contributed by atoms with E-state index in [2.05, 4.69) is 16.9 Å². The number of hydrogen-bond acceptors (Lipinski definition) is 3. The molecule has 1 aromatic carbocycles. The van der Waals surface area contributed by atoms with Crippen LogP contribution < -0.4 is 0 Å². The second kappa shape index (κ2) is 5.09. The molecule has 0 atom stereocenters. The minimum absolute atomic E-state index is 0.520. The fraction of sp³-hybridized carbons (Fsp3) is 0.200. The molecule has 0 aliphatic rings. The lowest BCUT2D eigenvalue weighted by Gasteiger charge is -2.03. The molecule has 0 bridgehead atoms.